The molecule has 0 saturated heterocycles. The normalized spacial score (nSPS) is 10.8. The second kappa shape index (κ2) is 11.8. The number of nitrogens with one attached hydrogen (secondary N) is 2. The number of benzene rings is 2. The smallest absolute Gasteiger partial charge is 0.258 e. The number of hydrogen-bond acceptors (Lipinski definition) is 5. The van der Waals surface area contributed by atoms with E-state index in [1.165, 1.54) is 17.3 Å². The fourth-order valence-electron chi connectivity index (χ4n) is 2.21. The molecule has 148 valence electrons. The van der Waals surface area contributed by atoms with Crippen LogP contribution in [0.3, 0.4) is 0 Å². The molecule has 2 rings (SSSR count). The molecular formula is C21H25N3O3S. The van der Waals surface area contributed by atoms with Crippen molar-refractivity contribution in [1.29, 1.82) is 0 Å². The van der Waals surface area contributed by atoms with Gasteiger partial charge in [0.15, 0.2) is 6.61 Å². The Morgan fingerprint density at radius 3 is 2.46 bits per heavy atom. The van der Waals surface area contributed by atoms with Gasteiger partial charge in [0.05, 0.1) is 12.0 Å². The van der Waals surface area contributed by atoms with Gasteiger partial charge in [0.2, 0.25) is 5.91 Å². The molecular weight excluding hydrogens is 374 g/mol. The van der Waals surface area contributed by atoms with Gasteiger partial charge in [0.1, 0.15) is 5.75 Å². The molecule has 7 heteroatoms. The van der Waals surface area contributed by atoms with E-state index in [2.05, 4.69) is 15.8 Å². The summed E-state index contributed by atoms with van der Waals surface area (Å²) in [7, 11) is 0. The molecule has 6 nitrogen and oxygen atoms in total. The SMILES string of the molecule is CC(C)NC(=O)COc1ccc(/C=N\NC(=O)CSCc2ccccc2)cc1. The van der Waals surface area contributed by atoms with E-state index in [9.17, 15) is 9.59 Å². The Bertz CT molecular complexity index is 777. The summed E-state index contributed by atoms with van der Waals surface area (Å²) in [6, 6.07) is 17.2. The molecule has 0 fully saturated rings. The Morgan fingerprint density at radius 2 is 1.79 bits per heavy atom. The Labute approximate surface area is 169 Å². The molecule has 0 radical (unpaired) electrons. The monoisotopic (exact) mass is 399 g/mol. The number of ether oxygens (including phenoxy) is 1. The summed E-state index contributed by atoms with van der Waals surface area (Å²) in [5, 5.41) is 6.72. The summed E-state index contributed by atoms with van der Waals surface area (Å²) < 4.78 is 5.42. The maximum absolute atomic E-state index is 11.8. The minimum atomic E-state index is -0.159. The first kappa shape index (κ1) is 21.5. The van der Waals surface area contributed by atoms with Crippen LogP contribution in [0.2, 0.25) is 0 Å². The summed E-state index contributed by atoms with van der Waals surface area (Å²) in [4.78, 5) is 23.4. The molecule has 0 spiro atoms. The number of hydrogen-bond donors (Lipinski definition) is 2. The zero-order valence-electron chi connectivity index (χ0n) is 16.1. The lowest BCUT2D eigenvalue weighted by molar-refractivity contribution is -0.123. The van der Waals surface area contributed by atoms with Crippen molar-refractivity contribution in [3.63, 3.8) is 0 Å². The van der Waals surface area contributed by atoms with Gasteiger partial charge in [0, 0.05) is 11.8 Å². The van der Waals surface area contributed by atoms with E-state index in [0.29, 0.717) is 11.5 Å². The van der Waals surface area contributed by atoms with Gasteiger partial charge >= 0.3 is 0 Å². The topological polar surface area (TPSA) is 79.8 Å². The van der Waals surface area contributed by atoms with Crippen molar-refractivity contribution in [3.8, 4) is 5.75 Å². The van der Waals surface area contributed by atoms with Gasteiger partial charge in [-0.1, -0.05) is 30.3 Å². The fourth-order valence-corrected chi connectivity index (χ4v) is 2.99. The van der Waals surface area contributed by atoms with Crippen LogP contribution in [0.15, 0.2) is 59.7 Å². The van der Waals surface area contributed by atoms with E-state index in [4.69, 9.17) is 4.74 Å². The minimum absolute atomic E-state index is 0.0255. The van der Waals surface area contributed by atoms with Crippen LogP contribution in [0, 0.1) is 0 Å². The lowest BCUT2D eigenvalue weighted by Crippen LogP contribution is -2.34. The summed E-state index contributed by atoms with van der Waals surface area (Å²) >= 11 is 1.54. The van der Waals surface area contributed by atoms with E-state index in [1.54, 1.807) is 30.5 Å². The van der Waals surface area contributed by atoms with E-state index >= 15 is 0 Å². The molecule has 0 atom stereocenters. The summed E-state index contributed by atoms with van der Waals surface area (Å²) in [5.74, 6) is 1.42. The van der Waals surface area contributed by atoms with Crippen LogP contribution in [-0.4, -0.2) is 36.4 Å². The van der Waals surface area contributed by atoms with Gasteiger partial charge in [-0.05, 0) is 49.2 Å². The van der Waals surface area contributed by atoms with E-state index < -0.39 is 0 Å². The maximum Gasteiger partial charge on any atom is 0.258 e. The second-order valence-corrected chi connectivity index (χ2v) is 7.34. The molecule has 0 aliphatic rings. The summed E-state index contributed by atoms with van der Waals surface area (Å²) in [5.41, 5.74) is 4.52. The molecule has 2 N–H and O–H groups in total. The molecule has 0 bridgehead atoms. The highest BCUT2D eigenvalue weighted by atomic mass is 32.2. The first-order valence-corrected chi connectivity index (χ1v) is 10.1. The van der Waals surface area contributed by atoms with Crippen molar-refractivity contribution in [3.05, 3.63) is 65.7 Å². The quantitative estimate of drug-likeness (QED) is 0.475. The third-order valence-electron chi connectivity index (χ3n) is 3.45. The number of carbonyl (C=O) groups is 2. The molecule has 2 amide bonds. The second-order valence-electron chi connectivity index (χ2n) is 6.35. The Balaban J connectivity index is 1.67. The number of amides is 2. The van der Waals surface area contributed by atoms with Crippen molar-refractivity contribution in [2.24, 2.45) is 5.10 Å². The van der Waals surface area contributed by atoms with Gasteiger partial charge in [-0.25, -0.2) is 5.43 Å². The summed E-state index contributed by atoms with van der Waals surface area (Å²) in [6.07, 6.45) is 1.56. The van der Waals surface area contributed by atoms with Crippen molar-refractivity contribution < 1.29 is 14.3 Å². The predicted molar refractivity (Wildman–Crippen MR) is 114 cm³/mol. The number of hydrazone groups is 1. The molecule has 0 aliphatic heterocycles. The highest BCUT2D eigenvalue weighted by Crippen LogP contribution is 2.12. The number of thioether (sulfide) groups is 1. The van der Waals surface area contributed by atoms with Gasteiger partial charge < -0.3 is 10.1 Å². The standard InChI is InChI=1S/C21H25N3O3S/c1-16(2)23-20(25)13-27-19-10-8-17(9-11-19)12-22-24-21(26)15-28-14-18-6-4-3-5-7-18/h3-12,16H,13-15H2,1-2H3,(H,23,25)(H,24,26)/b22-12-. The summed E-state index contributed by atoms with van der Waals surface area (Å²) in [6.45, 7) is 3.77. The minimum Gasteiger partial charge on any atom is -0.484 e. The van der Waals surface area contributed by atoms with Crippen molar-refractivity contribution in [1.82, 2.24) is 10.7 Å². The zero-order valence-corrected chi connectivity index (χ0v) is 16.9. The Morgan fingerprint density at radius 1 is 1.07 bits per heavy atom. The lowest BCUT2D eigenvalue weighted by atomic mass is 10.2. The van der Waals surface area contributed by atoms with Crippen LogP contribution in [0.25, 0.3) is 0 Å². The molecule has 2 aromatic rings. The molecule has 28 heavy (non-hydrogen) atoms. The van der Waals surface area contributed by atoms with Gasteiger partial charge in [-0.15, -0.1) is 11.8 Å². The molecule has 0 unspecified atom stereocenters. The molecule has 2 aromatic carbocycles. The van der Waals surface area contributed by atoms with Gasteiger partial charge in [-0.3, -0.25) is 9.59 Å². The highest BCUT2D eigenvalue weighted by molar-refractivity contribution is 7.99. The highest BCUT2D eigenvalue weighted by Gasteiger charge is 2.04. The number of rotatable bonds is 10. The van der Waals surface area contributed by atoms with E-state index in [-0.39, 0.29) is 24.5 Å². The molecule has 0 aromatic heterocycles. The molecule has 0 aliphatic carbocycles. The van der Waals surface area contributed by atoms with Crippen molar-refractivity contribution in [2.45, 2.75) is 25.6 Å². The number of nitrogens with zero attached hydrogens (tertiary/aromatic N) is 1. The average Bonchev–Trinajstić information content (AvgIpc) is 2.68. The van der Waals surface area contributed by atoms with Crippen LogP contribution in [0.4, 0.5) is 0 Å². The third-order valence-corrected chi connectivity index (χ3v) is 4.45. The fraction of sp³-hybridized carbons (Fsp3) is 0.286. The first-order chi connectivity index (χ1) is 13.5. The van der Waals surface area contributed by atoms with Gasteiger partial charge in [-0.2, -0.15) is 5.10 Å². The van der Waals surface area contributed by atoms with E-state index in [0.717, 1.165) is 11.3 Å². The molecule has 0 saturated carbocycles. The zero-order chi connectivity index (χ0) is 20.2. The van der Waals surface area contributed by atoms with Crippen LogP contribution in [0.1, 0.15) is 25.0 Å². The van der Waals surface area contributed by atoms with E-state index in [1.807, 2.05) is 44.2 Å². The van der Waals surface area contributed by atoms with Crippen LogP contribution < -0.4 is 15.5 Å². The largest absolute Gasteiger partial charge is 0.484 e. The van der Waals surface area contributed by atoms with Crippen molar-refractivity contribution in [2.75, 3.05) is 12.4 Å². The number of carbonyl (C=O) groups excluding carboxylic acids is 2. The van der Waals surface area contributed by atoms with Crippen LogP contribution >= 0.6 is 11.8 Å². The van der Waals surface area contributed by atoms with Crippen LogP contribution in [-0.2, 0) is 15.3 Å². The Hall–Kier alpha value is -2.80. The third kappa shape index (κ3) is 8.73. The lowest BCUT2D eigenvalue weighted by Gasteiger charge is -2.09. The first-order valence-electron chi connectivity index (χ1n) is 8.98. The average molecular weight is 400 g/mol. The van der Waals surface area contributed by atoms with Gasteiger partial charge in [0.25, 0.3) is 5.91 Å². The maximum atomic E-state index is 11.8. The Kier molecular flexibility index (Phi) is 9.07. The van der Waals surface area contributed by atoms with Crippen LogP contribution in [0.5, 0.6) is 5.75 Å². The van der Waals surface area contributed by atoms with Crippen molar-refractivity contribution >= 4 is 29.8 Å². The predicted octanol–water partition coefficient (Wildman–Crippen LogP) is 2.97. The molecule has 0 heterocycles.